The highest BCUT2D eigenvalue weighted by Gasteiger charge is 2.49. The molecule has 1 unspecified atom stereocenters. The van der Waals surface area contributed by atoms with Crippen molar-refractivity contribution in [2.45, 2.75) is 43.4 Å². The fourth-order valence-corrected chi connectivity index (χ4v) is 5.83. The number of carboxylic acid groups (broad SMARTS) is 1. The van der Waals surface area contributed by atoms with Crippen LogP contribution in [0.5, 0.6) is 5.75 Å². The summed E-state index contributed by atoms with van der Waals surface area (Å²) < 4.78 is 30.6. The minimum atomic E-state index is -3.15. The van der Waals surface area contributed by atoms with Gasteiger partial charge in [-0.2, -0.15) is 4.31 Å². The van der Waals surface area contributed by atoms with Crippen molar-refractivity contribution in [3.8, 4) is 5.75 Å². The van der Waals surface area contributed by atoms with Gasteiger partial charge in [0.1, 0.15) is 18.0 Å². The highest BCUT2D eigenvalue weighted by Crippen LogP contribution is 2.41. The summed E-state index contributed by atoms with van der Waals surface area (Å²) in [6.45, 7) is 2.35. The first kappa shape index (κ1) is 21.2. The first-order valence-corrected chi connectivity index (χ1v) is 12.2. The summed E-state index contributed by atoms with van der Waals surface area (Å²) in [6, 6.07) is 7.30. The summed E-state index contributed by atoms with van der Waals surface area (Å²) in [5, 5.41) is 20.3. The number of piperidine rings is 1. The van der Waals surface area contributed by atoms with Gasteiger partial charge in [0, 0.05) is 56.8 Å². The minimum Gasteiger partial charge on any atom is -0.491 e. The van der Waals surface area contributed by atoms with E-state index in [1.54, 1.807) is 0 Å². The number of carbonyl (C=O) groups is 1. The molecule has 3 fully saturated rings. The molecule has 166 valence electrons. The summed E-state index contributed by atoms with van der Waals surface area (Å²) in [5.74, 6) is 0.648. The lowest BCUT2D eigenvalue weighted by Gasteiger charge is -2.42. The molecular weight excluding hydrogens is 410 g/mol. The van der Waals surface area contributed by atoms with Gasteiger partial charge in [-0.3, -0.25) is 0 Å². The third-order valence-corrected chi connectivity index (χ3v) is 7.79. The molecule has 3 heterocycles. The van der Waals surface area contributed by atoms with Crippen molar-refractivity contribution >= 4 is 21.8 Å². The third-order valence-electron chi connectivity index (χ3n) is 6.49. The molecule has 1 amide bonds. The zero-order valence-electron chi connectivity index (χ0n) is 17.1. The number of hydrogen-bond acceptors (Lipinski definition) is 6. The van der Waals surface area contributed by atoms with E-state index in [1.807, 2.05) is 24.3 Å². The maximum Gasteiger partial charge on any atom is 0.407 e. The van der Waals surface area contributed by atoms with Gasteiger partial charge >= 0.3 is 6.09 Å². The maximum atomic E-state index is 11.6. The number of piperazine rings is 1. The third kappa shape index (κ3) is 4.35. The van der Waals surface area contributed by atoms with E-state index in [-0.39, 0.29) is 18.7 Å². The monoisotopic (exact) mass is 439 g/mol. The molecule has 1 aromatic rings. The smallest absolute Gasteiger partial charge is 0.407 e. The molecule has 10 heteroatoms. The molecule has 3 aliphatic rings. The highest BCUT2D eigenvalue weighted by atomic mass is 32.2. The van der Waals surface area contributed by atoms with Crippen molar-refractivity contribution in [2.75, 3.05) is 43.9 Å². The summed E-state index contributed by atoms with van der Waals surface area (Å²) in [7, 11) is -3.15. The molecule has 2 bridgehead atoms. The van der Waals surface area contributed by atoms with E-state index < -0.39 is 21.7 Å². The number of ether oxygens (including phenoxy) is 1. The Morgan fingerprint density at radius 1 is 1.10 bits per heavy atom. The number of rotatable bonds is 5. The van der Waals surface area contributed by atoms with E-state index in [0.717, 1.165) is 18.5 Å². The fourth-order valence-electron chi connectivity index (χ4n) is 5.00. The fraction of sp³-hybridized carbons (Fsp3) is 0.650. The van der Waals surface area contributed by atoms with Gasteiger partial charge in [0.2, 0.25) is 10.0 Å². The average molecular weight is 440 g/mol. The van der Waals surface area contributed by atoms with Crippen LogP contribution < -0.4 is 9.64 Å². The van der Waals surface area contributed by atoms with E-state index in [9.17, 15) is 23.4 Å². The molecule has 0 radical (unpaired) electrons. The SMILES string of the molecule is CS(=O)(=O)N1CCN(c2ccc(OCC3(O)C[C@H]4CC[C@@H](C3)N4C(=O)O)cc2)CC1. The molecule has 3 aliphatic heterocycles. The molecule has 0 spiro atoms. The van der Waals surface area contributed by atoms with Crippen LogP contribution in [0, 0.1) is 0 Å². The lowest BCUT2D eigenvalue weighted by molar-refractivity contribution is -0.0705. The zero-order chi connectivity index (χ0) is 21.5. The first-order chi connectivity index (χ1) is 14.1. The van der Waals surface area contributed by atoms with Gasteiger partial charge in [0.25, 0.3) is 0 Å². The number of nitrogens with zero attached hydrogens (tertiary/aromatic N) is 3. The number of amides is 1. The number of fused-ring (bicyclic) bond motifs is 2. The van der Waals surface area contributed by atoms with Gasteiger partial charge in [0.15, 0.2) is 0 Å². The van der Waals surface area contributed by atoms with E-state index >= 15 is 0 Å². The second-order valence-corrected chi connectivity index (χ2v) is 10.6. The van der Waals surface area contributed by atoms with Crippen LogP contribution >= 0.6 is 0 Å². The Labute approximate surface area is 176 Å². The van der Waals surface area contributed by atoms with Crippen LogP contribution in [0.2, 0.25) is 0 Å². The molecule has 0 aliphatic carbocycles. The second kappa shape index (κ2) is 7.90. The van der Waals surface area contributed by atoms with Crippen LogP contribution in [0.3, 0.4) is 0 Å². The lowest BCUT2D eigenvalue weighted by Crippen LogP contribution is -2.55. The molecule has 30 heavy (non-hydrogen) atoms. The lowest BCUT2D eigenvalue weighted by atomic mass is 9.87. The van der Waals surface area contributed by atoms with Gasteiger partial charge in [-0.25, -0.2) is 13.2 Å². The van der Waals surface area contributed by atoms with Crippen molar-refractivity contribution in [1.82, 2.24) is 9.21 Å². The summed E-state index contributed by atoms with van der Waals surface area (Å²) >= 11 is 0. The van der Waals surface area contributed by atoms with Crippen molar-refractivity contribution < 1.29 is 28.2 Å². The Hall–Kier alpha value is -2.04. The summed E-state index contributed by atoms with van der Waals surface area (Å²) in [4.78, 5) is 15.0. The number of anilines is 1. The Morgan fingerprint density at radius 2 is 1.67 bits per heavy atom. The normalized spacial score (nSPS) is 29.8. The Kier molecular flexibility index (Phi) is 5.58. The maximum absolute atomic E-state index is 11.6. The average Bonchev–Trinajstić information content (AvgIpc) is 2.99. The standard InChI is InChI=1S/C20H29N3O6S/c1-30(27,28)22-10-8-21(9-11-22)15-4-6-18(7-5-15)29-14-20(26)12-16-2-3-17(13-20)23(16)19(24)25/h4-7,16-17,26H,2-3,8-14H2,1H3,(H,24,25)/t16-,17+,20?. The van der Waals surface area contributed by atoms with Crippen molar-refractivity contribution in [3.63, 3.8) is 0 Å². The van der Waals surface area contributed by atoms with Crippen LogP contribution in [0.25, 0.3) is 0 Å². The molecule has 1 aromatic carbocycles. The van der Waals surface area contributed by atoms with Crippen LogP contribution in [-0.2, 0) is 10.0 Å². The number of hydrogen-bond donors (Lipinski definition) is 2. The summed E-state index contributed by atoms with van der Waals surface area (Å²) in [5.41, 5.74) is -0.0136. The molecule has 0 saturated carbocycles. The van der Waals surface area contributed by atoms with Crippen LogP contribution in [0.15, 0.2) is 24.3 Å². The molecule has 3 atom stereocenters. The van der Waals surface area contributed by atoms with Crippen molar-refractivity contribution in [1.29, 1.82) is 0 Å². The molecule has 9 nitrogen and oxygen atoms in total. The second-order valence-electron chi connectivity index (χ2n) is 8.64. The number of benzene rings is 1. The van der Waals surface area contributed by atoms with Gasteiger partial charge < -0.3 is 24.7 Å². The van der Waals surface area contributed by atoms with E-state index in [0.29, 0.717) is 44.8 Å². The Balaban J connectivity index is 1.31. The minimum absolute atomic E-state index is 0.136. The van der Waals surface area contributed by atoms with Crippen molar-refractivity contribution in [2.24, 2.45) is 0 Å². The largest absolute Gasteiger partial charge is 0.491 e. The highest BCUT2D eigenvalue weighted by molar-refractivity contribution is 7.88. The Morgan fingerprint density at radius 3 is 2.17 bits per heavy atom. The predicted molar refractivity (Wildman–Crippen MR) is 111 cm³/mol. The summed E-state index contributed by atoms with van der Waals surface area (Å²) in [6.07, 6.45) is 2.72. The molecular formula is C20H29N3O6S. The Bertz CT molecular complexity index is 868. The van der Waals surface area contributed by atoms with Crippen LogP contribution in [-0.4, -0.2) is 90.7 Å². The van der Waals surface area contributed by atoms with Gasteiger partial charge in [-0.1, -0.05) is 0 Å². The van der Waals surface area contributed by atoms with Gasteiger partial charge in [-0.05, 0) is 37.1 Å². The van der Waals surface area contributed by atoms with Crippen LogP contribution in [0.4, 0.5) is 10.5 Å². The topological polar surface area (TPSA) is 111 Å². The molecule has 0 aromatic heterocycles. The van der Waals surface area contributed by atoms with Crippen LogP contribution in [0.1, 0.15) is 25.7 Å². The number of sulfonamides is 1. The number of aliphatic hydroxyl groups is 1. The van der Waals surface area contributed by atoms with Gasteiger partial charge in [0.05, 0.1) is 6.26 Å². The van der Waals surface area contributed by atoms with Crippen molar-refractivity contribution in [3.05, 3.63) is 24.3 Å². The van der Waals surface area contributed by atoms with E-state index in [4.69, 9.17) is 4.74 Å². The first-order valence-electron chi connectivity index (χ1n) is 10.3. The molecule has 2 N–H and O–H groups in total. The predicted octanol–water partition coefficient (Wildman–Crippen LogP) is 1.18. The molecule has 3 saturated heterocycles. The van der Waals surface area contributed by atoms with E-state index in [1.165, 1.54) is 15.5 Å². The van der Waals surface area contributed by atoms with Gasteiger partial charge in [-0.15, -0.1) is 0 Å². The van der Waals surface area contributed by atoms with E-state index in [2.05, 4.69) is 4.90 Å². The zero-order valence-corrected chi connectivity index (χ0v) is 17.9. The molecule has 4 rings (SSSR count). The quantitative estimate of drug-likeness (QED) is 0.709.